The highest BCUT2D eigenvalue weighted by molar-refractivity contribution is 6.01. The highest BCUT2D eigenvalue weighted by Gasteiger charge is 2.41. The Labute approximate surface area is 360 Å². The normalized spacial score (nSPS) is 19.2. The number of hydrogen-bond donors (Lipinski definition) is 3. The van der Waals surface area contributed by atoms with Gasteiger partial charge in [0.05, 0.1) is 55.2 Å². The van der Waals surface area contributed by atoms with Crippen LogP contribution in [0.2, 0.25) is 0 Å². The molecule has 8 rings (SSSR count). The zero-order valence-corrected chi connectivity index (χ0v) is 35.9. The van der Waals surface area contributed by atoms with Crippen LogP contribution in [-0.4, -0.2) is 121 Å². The SMILES string of the molecule is COC(=O)NC(C(=O)N1CCC[C@H]1c1nc2ccc(-c3ccc4cc(-c5ccc6c(c5)CC([C@@H]5CCCN5C(=O)[C@@H](NC(=O)OC)[C@@H](C)OC)=N6)ccc4c3)cc2[nH]1)[C@@H](C)OC. The predicted molar refractivity (Wildman–Crippen MR) is 235 cm³/mol. The number of hydrogen-bond acceptors (Lipinski definition) is 10. The van der Waals surface area contributed by atoms with Crippen molar-refractivity contribution in [1.29, 1.82) is 0 Å². The van der Waals surface area contributed by atoms with Gasteiger partial charge in [-0.05, 0) is 115 Å². The van der Waals surface area contributed by atoms with Crippen LogP contribution in [0.4, 0.5) is 15.3 Å². The molecule has 324 valence electrons. The summed E-state index contributed by atoms with van der Waals surface area (Å²) in [7, 11) is 5.56. The Morgan fingerprint density at radius 2 is 1.19 bits per heavy atom. The molecule has 62 heavy (non-hydrogen) atoms. The number of nitrogens with one attached hydrogen (secondary N) is 3. The summed E-state index contributed by atoms with van der Waals surface area (Å²) in [4.78, 5) is 68.7. The number of amides is 4. The van der Waals surface area contributed by atoms with Gasteiger partial charge < -0.3 is 44.4 Å². The molecule has 3 N–H and O–H groups in total. The summed E-state index contributed by atoms with van der Waals surface area (Å²) >= 11 is 0. The van der Waals surface area contributed by atoms with E-state index in [0.29, 0.717) is 25.3 Å². The molecule has 0 saturated carbocycles. The number of alkyl carbamates (subject to hydrolysis) is 2. The second-order valence-electron chi connectivity index (χ2n) is 16.2. The van der Waals surface area contributed by atoms with Crippen LogP contribution in [-0.2, 0) is 35.0 Å². The Morgan fingerprint density at radius 3 is 1.77 bits per heavy atom. The second kappa shape index (κ2) is 18.0. The van der Waals surface area contributed by atoms with Crippen LogP contribution < -0.4 is 10.6 Å². The molecule has 4 heterocycles. The molecular formula is C47H53N7O8. The minimum absolute atomic E-state index is 0.162. The van der Waals surface area contributed by atoms with E-state index in [1.165, 1.54) is 28.4 Å². The van der Waals surface area contributed by atoms with Crippen LogP contribution in [0.1, 0.15) is 57.0 Å². The van der Waals surface area contributed by atoms with Gasteiger partial charge in [-0.1, -0.05) is 36.4 Å². The number of H-pyrrole nitrogens is 1. The smallest absolute Gasteiger partial charge is 0.407 e. The summed E-state index contributed by atoms with van der Waals surface area (Å²) in [5.74, 6) is 0.257. The number of fused-ring (bicyclic) bond motifs is 3. The van der Waals surface area contributed by atoms with E-state index in [-0.39, 0.29) is 23.9 Å². The monoisotopic (exact) mass is 843 g/mol. The minimum atomic E-state index is -0.900. The fourth-order valence-corrected chi connectivity index (χ4v) is 9.02. The van der Waals surface area contributed by atoms with Crippen molar-refractivity contribution in [2.24, 2.45) is 4.99 Å². The molecule has 2 fully saturated rings. The third kappa shape index (κ3) is 8.34. The zero-order valence-electron chi connectivity index (χ0n) is 35.9. The molecule has 0 bridgehead atoms. The number of nitrogens with zero attached hydrogens (tertiary/aromatic N) is 4. The fourth-order valence-electron chi connectivity index (χ4n) is 9.02. The molecule has 15 heteroatoms. The van der Waals surface area contributed by atoms with Crippen LogP contribution in [0.3, 0.4) is 0 Å². The van der Waals surface area contributed by atoms with Gasteiger partial charge >= 0.3 is 12.2 Å². The average molecular weight is 844 g/mol. The van der Waals surface area contributed by atoms with Crippen molar-refractivity contribution in [2.45, 2.75) is 82.3 Å². The Bertz CT molecular complexity index is 2550. The lowest BCUT2D eigenvalue weighted by atomic mass is 9.95. The van der Waals surface area contributed by atoms with Crippen molar-refractivity contribution < 1.29 is 38.1 Å². The first-order valence-corrected chi connectivity index (χ1v) is 21.1. The number of likely N-dealkylation sites (tertiary alicyclic amines) is 2. The van der Waals surface area contributed by atoms with Gasteiger partial charge in [0.25, 0.3) is 0 Å². The number of benzene rings is 4. The van der Waals surface area contributed by atoms with E-state index in [4.69, 9.17) is 28.9 Å². The van der Waals surface area contributed by atoms with Gasteiger partial charge in [0, 0.05) is 39.4 Å². The van der Waals surface area contributed by atoms with Crippen LogP contribution >= 0.6 is 0 Å². The third-order valence-electron chi connectivity index (χ3n) is 12.6. The standard InChI is InChI=1S/C47H53N7O8/c1-26(59-3)41(51-46(57)61-5)44(55)53-19-7-9-39(53)38-25-34-23-32(15-17-35(34)48-38)30-12-11-29-22-31(14-13-28(29)21-30)33-16-18-36-37(24-33)50-43(49-36)40-10-8-20-54(40)45(56)42(27(2)60-4)52-47(58)62-6/h11-18,21-24,26-27,39-42H,7-10,19-20,25H2,1-6H3,(H,49,50)(H,51,57)(H,52,58)/t26-,27-,39+,40+,41+,42?/m1/s1. The van der Waals surface area contributed by atoms with Gasteiger partial charge in [0.2, 0.25) is 11.8 Å². The number of imidazole rings is 1. The largest absolute Gasteiger partial charge is 0.453 e. The molecule has 2 saturated heterocycles. The third-order valence-corrected chi connectivity index (χ3v) is 12.6. The predicted octanol–water partition coefficient (Wildman–Crippen LogP) is 6.85. The summed E-state index contributed by atoms with van der Waals surface area (Å²) < 4.78 is 20.4. The summed E-state index contributed by atoms with van der Waals surface area (Å²) in [6.45, 7) is 4.62. The maximum Gasteiger partial charge on any atom is 0.407 e. The van der Waals surface area contributed by atoms with Crippen LogP contribution in [0.15, 0.2) is 77.8 Å². The molecule has 0 aliphatic carbocycles. The number of aromatic amines is 1. The fraction of sp³-hybridized carbons (Fsp3) is 0.404. The lowest BCUT2D eigenvalue weighted by Crippen LogP contribution is -2.56. The first-order chi connectivity index (χ1) is 30.0. The summed E-state index contributed by atoms with van der Waals surface area (Å²) in [6.07, 6.45) is 1.38. The topological polar surface area (TPSA) is 177 Å². The van der Waals surface area contributed by atoms with E-state index in [1.54, 1.807) is 18.7 Å². The lowest BCUT2D eigenvalue weighted by Gasteiger charge is -2.31. The van der Waals surface area contributed by atoms with Crippen molar-refractivity contribution in [3.05, 3.63) is 84.2 Å². The van der Waals surface area contributed by atoms with E-state index < -0.39 is 36.5 Å². The molecule has 0 spiro atoms. The number of methoxy groups -OCH3 is 4. The number of aromatic nitrogens is 2. The summed E-state index contributed by atoms with van der Waals surface area (Å²) in [6, 6.07) is 23.3. The van der Waals surface area contributed by atoms with Gasteiger partial charge in [-0.25, -0.2) is 14.6 Å². The maximum atomic E-state index is 13.8. The van der Waals surface area contributed by atoms with Crippen molar-refractivity contribution in [3.63, 3.8) is 0 Å². The average Bonchev–Trinajstić information content (AvgIpc) is 4.14. The maximum absolute atomic E-state index is 13.8. The Balaban J connectivity index is 0.964. The van der Waals surface area contributed by atoms with E-state index in [0.717, 1.165) is 86.7 Å². The van der Waals surface area contributed by atoms with E-state index in [2.05, 4.69) is 82.3 Å². The van der Waals surface area contributed by atoms with Gasteiger partial charge in [0.15, 0.2) is 0 Å². The van der Waals surface area contributed by atoms with Crippen molar-refractivity contribution >= 4 is 57.2 Å². The van der Waals surface area contributed by atoms with Gasteiger partial charge in [0.1, 0.15) is 17.9 Å². The second-order valence-corrected chi connectivity index (χ2v) is 16.2. The van der Waals surface area contributed by atoms with E-state index in [1.807, 2.05) is 11.0 Å². The summed E-state index contributed by atoms with van der Waals surface area (Å²) in [5.41, 5.74) is 8.95. The van der Waals surface area contributed by atoms with Crippen LogP contribution in [0.5, 0.6) is 0 Å². The highest BCUT2D eigenvalue weighted by Crippen LogP contribution is 2.37. The van der Waals surface area contributed by atoms with Gasteiger partial charge in [-0.15, -0.1) is 0 Å². The zero-order chi connectivity index (χ0) is 43.7. The number of carbonyl (C=O) groups is 4. The quantitative estimate of drug-likeness (QED) is 0.121. The molecule has 4 amide bonds. The number of ether oxygens (including phenoxy) is 4. The first kappa shape index (κ1) is 42.4. The Kier molecular flexibility index (Phi) is 12.3. The lowest BCUT2D eigenvalue weighted by molar-refractivity contribution is -0.138. The van der Waals surface area contributed by atoms with Gasteiger partial charge in [-0.3, -0.25) is 14.6 Å². The molecule has 0 radical (unpaired) electrons. The molecular weight excluding hydrogens is 791 g/mol. The molecule has 4 aromatic carbocycles. The molecule has 1 aromatic heterocycles. The number of rotatable bonds is 12. The highest BCUT2D eigenvalue weighted by atomic mass is 16.5. The Morgan fingerprint density at radius 1 is 0.677 bits per heavy atom. The van der Waals surface area contributed by atoms with Crippen molar-refractivity contribution in [3.8, 4) is 22.3 Å². The van der Waals surface area contributed by atoms with Gasteiger partial charge in [-0.2, -0.15) is 0 Å². The Hall–Kier alpha value is -6.32. The molecule has 15 nitrogen and oxygen atoms in total. The van der Waals surface area contributed by atoms with E-state index in [9.17, 15) is 19.2 Å². The first-order valence-electron chi connectivity index (χ1n) is 21.1. The minimum Gasteiger partial charge on any atom is -0.453 e. The van der Waals surface area contributed by atoms with Crippen molar-refractivity contribution in [1.82, 2.24) is 30.4 Å². The van der Waals surface area contributed by atoms with Crippen LogP contribution in [0.25, 0.3) is 44.1 Å². The molecule has 3 aliphatic heterocycles. The number of aliphatic imine (C=N–C) groups is 1. The molecule has 1 unspecified atom stereocenters. The molecule has 5 aromatic rings. The summed E-state index contributed by atoms with van der Waals surface area (Å²) in [5, 5.41) is 7.52. The van der Waals surface area contributed by atoms with E-state index >= 15 is 0 Å². The number of carbonyl (C=O) groups excluding carboxylic acids is 4. The van der Waals surface area contributed by atoms with Crippen molar-refractivity contribution in [2.75, 3.05) is 41.5 Å². The molecule has 3 aliphatic rings. The molecule has 6 atom stereocenters. The van der Waals surface area contributed by atoms with Crippen LogP contribution in [0, 0.1) is 0 Å².